The Morgan fingerprint density at radius 1 is 1.12 bits per heavy atom. The van der Waals surface area contributed by atoms with Crippen molar-refractivity contribution in [1.82, 2.24) is 20.0 Å². The van der Waals surface area contributed by atoms with Crippen molar-refractivity contribution in [3.63, 3.8) is 0 Å². The summed E-state index contributed by atoms with van der Waals surface area (Å²) in [7, 11) is 2.16. The second kappa shape index (κ2) is 7.90. The molecule has 0 aliphatic carbocycles. The van der Waals surface area contributed by atoms with Crippen molar-refractivity contribution in [2.24, 2.45) is 5.73 Å². The number of fused-ring (bicyclic) bond motifs is 3. The molecule has 2 unspecified atom stereocenters. The maximum atomic E-state index is 14.7. The molecule has 2 aliphatic rings. The molecule has 32 heavy (non-hydrogen) atoms. The fourth-order valence-corrected chi connectivity index (χ4v) is 5.10. The van der Waals surface area contributed by atoms with Gasteiger partial charge in [0.1, 0.15) is 11.5 Å². The fourth-order valence-electron chi connectivity index (χ4n) is 5.10. The Balaban J connectivity index is 1.48. The van der Waals surface area contributed by atoms with E-state index in [0.29, 0.717) is 28.7 Å². The number of halogens is 1. The summed E-state index contributed by atoms with van der Waals surface area (Å²) in [6.45, 7) is 0. The molecule has 2 saturated heterocycles. The van der Waals surface area contributed by atoms with E-state index in [9.17, 15) is 14.0 Å². The lowest BCUT2D eigenvalue weighted by molar-refractivity contribution is 0.0878. The SMILES string of the molecule is CN1C2CCC1CC(NC(=O)c1nn(-c3cc(NC(N)=O)ccc3F)c3ccccc13)C2. The third-order valence-electron chi connectivity index (χ3n) is 6.68. The average Bonchev–Trinajstić information content (AvgIpc) is 3.22. The first-order chi connectivity index (χ1) is 15.4. The van der Waals surface area contributed by atoms with Gasteiger partial charge in [-0.05, 0) is 57.0 Å². The Morgan fingerprint density at radius 3 is 2.56 bits per heavy atom. The van der Waals surface area contributed by atoms with Gasteiger partial charge in [0.05, 0.1) is 5.52 Å². The molecule has 8 nitrogen and oxygen atoms in total. The zero-order valence-corrected chi connectivity index (χ0v) is 17.7. The molecule has 5 rings (SSSR count). The molecule has 2 aromatic carbocycles. The highest BCUT2D eigenvalue weighted by Crippen LogP contribution is 2.34. The first-order valence-corrected chi connectivity index (χ1v) is 10.8. The largest absolute Gasteiger partial charge is 0.351 e. The number of carbonyl (C=O) groups is 2. The molecule has 2 aliphatic heterocycles. The van der Waals surface area contributed by atoms with Crippen LogP contribution in [0.4, 0.5) is 14.9 Å². The molecular weight excluding hydrogens is 411 g/mol. The predicted octanol–water partition coefficient (Wildman–Crippen LogP) is 3.01. The van der Waals surface area contributed by atoms with Crippen LogP contribution >= 0.6 is 0 Å². The van der Waals surface area contributed by atoms with Gasteiger partial charge in [-0.3, -0.25) is 4.79 Å². The minimum atomic E-state index is -0.750. The Hall–Kier alpha value is -3.46. The number of aromatic nitrogens is 2. The number of amides is 3. The summed E-state index contributed by atoms with van der Waals surface area (Å²) in [5.74, 6) is -0.798. The van der Waals surface area contributed by atoms with Crippen LogP contribution in [-0.2, 0) is 0 Å². The first kappa shape index (κ1) is 20.4. The molecule has 4 N–H and O–H groups in total. The smallest absolute Gasteiger partial charge is 0.316 e. The second-order valence-corrected chi connectivity index (χ2v) is 8.63. The van der Waals surface area contributed by atoms with E-state index in [-0.39, 0.29) is 23.3 Å². The number of hydrogen-bond acceptors (Lipinski definition) is 4. The first-order valence-electron chi connectivity index (χ1n) is 10.8. The van der Waals surface area contributed by atoms with Crippen LogP contribution in [0.25, 0.3) is 16.6 Å². The van der Waals surface area contributed by atoms with Gasteiger partial charge in [-0.15, -0.1) is 0 Å². The quantitative estimate of drug-likeness (QED) is 0.585. The predicted molar refractivity (Wildman–Crippen MR) is 119 cm³/mol. The lowest BCUT2D eigenvalue weighted by Crippen LogP contribution is -2.48. The molecule has 9 heteroatoms. The Kier molecular flexibility index (Phi) is 5.05. The van der Waals surface area contributed by atoms with Gasteiger partial charge in [0, 0.05) is 29.2 Å². The monoisotopic (exact) mass is 436 g/mol. The molecule has 166 valence electrons. The van der Waals surface area contributed by atoms with Gasteiger partial charge in [-0.25, -0.2) is 13.9 Å². The summed E-state index contributed by atoms with van der Waals surface area (Å²) < 4.78 is 16.1. The Labute approximate surface area is 184 Å². The Morgan fingerprint density at radius 2 is 1.84 bits per heavy atom. The van der Waals surface area contributed by atoms with E-state index in [1.54, 1.807) is 18.2 Å². The average molecular weight is 436 g/mol. The van der Waals surface area contributed by atoms with Gasteiger partial charge < -0.3 is 21.3 Å². The van der Waals surface area contributed by atoms with Gasteiger partial charge in [0.25, 0.3) is 5.91 Å². The molecule has 2 fully saturated rings. The normalized spacial score (nSPS) is 22.8. The van der Waals surface area contributed by atoms with Crippen molar-refractivity contribution < 1.29 is 14.0 Å². The van der Waals surface area contributed by atoms with E-state index in [0.717, 1.165) is 12.8 Å². The molecule has 0 radical (unpaired) electrons. The molecule has 3 amide bonds. The fraction of sp³-hybridized carbons (Fsp3) is 0.348. The summed E-state index contributed by atoms with van der Waals surface area (Å²) in [5, 5.41) is 10.7. The summed E-state index contributed by atoms with van der Waals surface area (Å²) in [5.41, 5.74) is 6.48. The van der Waals surface area contributed by atoms with Gasteiger partial charge in [-0.1, -0.05) is 18.2 Å². The number of benzene rings is 2. The van der Waals surface area contributed by atoms with Crippen LogP contribution in [0.1, 0.15) is 36.2 Å². The number of nitrogens with two attached hydrogens (primary N) is 1. The van der Waals surface area contributed by atoms with Crippen LogP contribution in [0.15, 0.2) is 42.5 Å². The van der Waals surface area contributed by atoms with E-state index >= 15 is 0 Å². The second-order valence-electron chi connectivity index (χ2n) is 8.63. The highest BCUT2D eigenvalue weighted by molar-refractivity contribution is 6.05. The number of carbonyl (C=O) groups excluding carboxylic acids is 2. The third kappa shape index (κ3) is 3.58. The van der Waals surface area contributed by atoms with E-state index in [1.807, 2.05) is 6.07 Å². The topological polar surface area (TPSA) is 105 Å². The summed E-state index contributed by atoms with van der Waals surface area (Å²) >= 11 is 0. The minimum absolute atomic E-state index is 0.0972. The number of nitrogens with zero attached hydrogens (tertiary/aromatic N) is 3. The highest BCUT2D eigenvalue weighted by Gasteiger charge is 2.39. The number of piperidine rings is 1. The van der Waals surface area contributed by atoms with Crippen LogP contribution < -0.4 is 16.4 Å². The van der Waals surface area contributed by atoms with E-state index in [4.69, 9.17) is 5.73 Å². The van der Waals surface area contributed by atoms with Crippen molar-refractivity contribution in [1.29, 1.82) is 0 Å². The molecule has 3 heterocycles. The van der Waals surface area contributed by atoms with Crippen LogP contribution in [0.2, 0.25) is 0 Å². The van der Waals surface area contributed by atoms with Crippen LogP contribution in [0.5, 0.6) is 0 Å². The number of para-hydroxylation sites is 1. The van der Waals surface area contributed by atoms with E-state index < -0.39 is 11.8 Å². The van der Waals surface area contributed by atoms with Gasteiger partial charge in [0.15, 0.2) is 5.69 Å². The minimum Gasteiger partial charge on any atom is -0.351 e. The van der Waals surface area contributed by atoms with Crippen molar-refractivity contribution >= 4 is 28.5 Å². The van der Waals surface area contributed by atoms with Crippen LogP contribution in [0, 0.1) is 5.82 Å². The number of nitrogens with one attached hydrogen (secondary N) is 2. The third-order valence-corrected chi connectivity index (χ3v) is 6.68. The van der Waals surface area contributed by atoms with Gasteiger partial charge in [-0.2, -0.15) is 5.10 Å². The van der Waals surface area contributed by atoms with Crippen molar-refractivity contribution in [2.45, 2.75) is 43.8 Å². The summed E-state index contributed by atoms with van der Waals surface area (Å²) in [6, 6.07) is 11.6. The molecule has 3 aromatic rings. The number of rotatable bonds is 4. The molecule has 0 spiro atoms. The van der Waals surface area contributed by atoms with Crippen molar-refractivity contribution in [2.75, 3.05) is 12.4 Å². The van der Waals surface area contributed by atoms with Crippen LogP contribution in [0.3, 0.4) is 0 Å². The maximum Gasteiger partial charge on any atom is 0.316 e. The number of urea groups is 1. The van der Waals surface area contributed by atoms with Gasteiger partial charge >= 0.3 is 6.03 Å². The number of primary amides is 1. The van der Waals surface area contributed by atoms with Crippen molar-refractivity contribution in [3.05, 3.63) is 54.0 Å². The zero-order chi connectivity index (χ0) is 22.4. The molecule has 2 bridgehead atoms. The number of hydrogen-bond donors (Lipinski definition) is 3. The Bertz CT molecular complexity index is 1190. The van der Waals surface area contributed by atoms with Crippen LogP contribution in [-0.4, -0.2) is 51.8 Å². The van der Waals surface area contributed by atoms with Gasteiger partial charge in [0.2, 0.25) is 0 Å². The highest BCUT2D eigenvalue weighted by atomic mass is 19.1. The molecule has 0 saturated carbocycles. The molecule has 1 aromatic heterocycles. The lowest BCUT2D eigenvalue weighted by Gasteiger charge is -2.36. The maximum absolute atomic E-state index is 14.7. The lowest BCUT2D eigenvalue weighted by atomic mass is 9.98. The van der Waals surface area contributed by atoms with E-state index in [1.165, 1.54) is 35.7 Å². The number of anilines is 1. The zero-order valence-electron chi connectivity index (χ0n) is 17.7. The summed E-state index contributed by atoms with van der Waals surface area (Å²) in [6.07, 6.45) is 4.18. The molecule has 2 atom stereocenters. The van der Waals surface area contributed by atoms with Crippen molar-refractivity contribution in [3.8, 4) is 5.69 Å². The molecular formula is C23H25FN6O2. The standard InChI is InChI=1S/C23H25FN6O2/c1-29-15-7-8-16(29)11-14(10-15)26-22(31)21-17-4-2-3-5-19(17)30(28-21)20-12-13(27-23(25)32)6-9-18(20)24/h2-6,9,12,14-16H,7-8,10-11H2,1H3,(H,26,31)(H3,25,27,32). The summed E-state index contributed by atoms with van der Waals surface area (Å²) in [4.78, 5) is 26.8. The van der Waals surface area contributed by atoms with E-state index in [2.05, 4.69) is 27.7 Å².